The molecule has 0 unspecified atom stereocenters. The molecule has 0 saturated carbocycles. The van der Waals surface area contributed by atoms with E-state index in [2.05, 4.69) is 11.9 Å². The van der Waals surface area contributed by atoms with E-state index in [1.54, 1.807) is 12.1 Å². The fourth-order valence-corrected chi connectivity index (χ4v) is 4.03. The summed E-state index contributed by atoms with van der Waals surface area (Å²) in [5, 5.41) is 2.61. The van der Waals surface area contributed by atoms with Crippen LogP contribution in [0.1, 0.15) is 0 Å². The predicted molar refractivity (Wildman–Crippen MR) is 101 cm³/mol. The van der Waals surface area contributed by atoms with Crippen LogP contribution in [0.25, 0.3) is 0 Å². The predicted octanol–water partition coefficient (Wildman–Crippen LogP) is 2.62. The summed E-state index contributed by atoms with van der Waals surface area (Å²) in [7, 11) is -3.70. The van der Waals surface area contributed by atoms with Gasteiger partial charge in [-0.05, 0) is 36.4 Å². The Bertz CT molecular complexity index is 922. The van der Waals surface area contributed by atoms with E-state index in [0.717, 1.165) is 6.08 Å². The second-order valence-electron chi connectivity index (χ2n) is 5.78. The number of anilines is 1. The number of rotatable bonds is 6. The molecule has 27 heavy (non-hydrogen) atoms. The minimum absolute atomic E-state index is 0.0733. The molecule has 1 aliphatic heterocycles. The number of nitrogens with one attached hydrogen (secondary N) is 1. The van der Waals surface area contributed by atoms with Crippen LogP contribution in [0, 0.1) is 0 Å². The Morgan fingerprint density at radius 3 is 2.52 bits per heavy atom. The van der Waals surface area contributed by atoms with Crippen LogP contribution >= 0.6 is 0 Å². The topological polar surface area (TPSA) is 84.9 Å². The SMILES string of the molecule is C=CC(=O)Nc1cc(S(=O)(=O)N2CCOCC2)ccc1Oc1ccccc1. The summed E-state index contributed by atoms with van der Waals surface area (Å²) >= 11 is 0. The average molecular weight is 388 g/mol. The number of hydrogen-bond acceptors (Lipinski definition) is 5. The third-order valence-corrected chi connectivity index (χ3v) is 5.87. The number of ether oxygens (including phenoxy) is 2. The first-order valence-electron chi connectivity index (χ1n) is 8.39. The molecule has 0 radical (unpaired) electrons. The lowest BCUT2D eigenvalue weighted by molar-refractivity contribution is -0.111. The molecule has 3 rings (SSSR count). The van der Waals surface area contributed by atoms with Crippen LogP contribution in [-0.4, -0.2) is 44.9 Å². The largest absolute Gasteiger partial charge is 0.455 e. The maximum absolute atomic E-state index is 12.9. The summed E-state index contributed by atoms with van der Waals surface area (Å²) in [5.74, 6) is 0.432. The molecule has 1 amide bonds. The number of para-hydroxylation sites is 1. The Balaban J connectivity index is 1.95. The van der Waals surface area contributed by atoms with Crippen LogP contribution in [0.4, 0.5) is 5.69 Å². The molecule has 2 aromatic rings. The van der Waals surface area contributed by atoms with Crippen molar-refractivity contribution in [3.8, 4) is 11.5 Å². The molecule has 142 valence electrons. The van der Waals surface area contributed by atoms with Gasteiger partial charge in [0, 0.05) is 13.1 Å². The standard InChI is InChI=1S/C19H20N2O5S/c1-2-19(22)20-17-14-16(27(23,24)21-10-12-25-13-11-21)8-9-18(17)26-15-6-4-3-5-7-15/h2-9,14H,1,10-13H2,(H,20,22). The van der Waals surface area contributed by atoms with Crippen LogP contribution in [0.5, 0.6) is 11.5 Å². The molecular formula is C19H20N2O5S. The number of carbonyl (C=O) groups excluding carboxylic acids is 1. The molecule has 0 atom stereocenters. The van der Waals surface area contributed by atoms with Crippen LogP contribution in [0.15, 0.2) is 66.1 Å². The number of morpholine rings is 1. The maximum Gasteiger partial charge on any atom is 0.247 e. The number of benzene rings is 2. The van der Waals surface area contributed by atoms with Gasteiger partial charge in [0.15, 0.2) is 5.75 Å². The molecule has 8 heteroatoms. The highest BCUT2D eigenvalue weighted by molar-refractivity contribution is 7.89. The molecule has 2 aromatic carbocycles. The van der Waals surface area contributed by atoms with Gasteiger partial charge in [-0.25, -0.2) is 8.42 Å². The monoisotopic (exact) mass is 388 g/mol. The van der Waals surface area contributed by atoms with E-state index in [-0.39, 0.29) is 10.6 Å². The number of nitrogens with zero attached hydrogens (tertiary/aromatic N) is 1. The van der Waals surface area contributed by atoms with Gasteiger partial charge >= 0.3 is 0 Å². The highest BCUT2D eigenvalue weighted by atomic mass is 32.2. The zero-order chi connectivity index (χ0) is 19.3. The molecule has 0 bridgehead atoms. The highest BCUT2D eigenvalue weighted by Crippen LogP contribution is 2.33. The van der Waals surface area contributed by atoms with Crippen molar-refractivity contribution < 1.29 is 22.7 Å². The summed E-state index contributed by atoms with van der Waals surface area (Å²) < 4.78 is 38.1. The van der Waals surface area contributed by atoms with Gasteiger partial charge in [-0.3, -0.25) is 4.79 Å². The Kier molecular flexibility index (Phi) is 5.90. The number of amides is 1. The van der Waals surface area contributed by atoms with E-state index < -0.39 is 15.9 Å². The molecule has 1 N–H and O–H groups in total. The highest BCUT2D eigenvalue weighted by Gasteiger charge is 2.27. The van der Waals surface area contributed by atoms with E-state index in [1.807, 2.05) is 18.2 Å². The Morgan fingerprint density at radius 2 is 1.85 bits per heavy atom. The van der Waals surface area contributed by atoms with Crippen molar-refractivity contribution >= 4 is 21.6 Å². The maximum atomic E-state index is 12.9. The van der Waals surface area contributed by atoms with E-state index in [0.29, 0.717) is 37.8 Å². The van der Waals surface area contributed by atoms with E-state index in [4.69, 9.17) is 9.47 Å². The summed E-state index contributed by atoms with van der Waals surface area (Å²) in [4.78, 5) is 11.9. The van der Waals surface area contributed by atoms with Crippen LogP contribution in [0.2, 0.25) is 0 Å². The Morgan fingerprint density at radius 1 is 1.15 bits per heavy atom. The van der Waals surface area contributed by atoms with Crippen molar-refractivity contribution in [2.45, 2.75) is 4.90 Å². The van der Waals surface area contributed by atoms with Gasteiger partial charge in [0.05, 0.1) is 23.8 Å². The number of hydrogen-bond donors (Lipinski definition) is 1. The van der Waals surface area contributed by atoms with Gasteiger partial charge < -0.3 is 14.8 Å². The van der Waals surface area contributed by atoms with Crippen molar-refractivity contribution in [3.05, 3.63) is 61.2 Å². The molecule has 0 aromatic heterocycles. The molecule has 7 nitrogen and oxygen atoms in total. The van der Waals surface area contributed by atoms with E-state index in [9.17, 15) is 13.2 Å². The zero-order valence-electron chi connectivity index (χ0n) is 14.6. The van der Waals surface area contributed by atoms with Crippen molar-refractivity contribution in [1.29, 1.82) is 0 Å². The van der Waals surface area contributed by atoms with Gasteiger partial charge in [-0.2, -0.15) is 4.31 Å². The molecule has 1 saturated heterocycles. The summed E-state index contributed by atoms with van der Waals surface area (Å²) in [5.41, 5.74) is 0.248. The van der Waals surface area contributed by atoms with Gasteiger partial charge in [0.1, 0.15) is 5.75 Å². The normalized spacial score (nSPS) is 15.1. The fourth-order valence-electron chi connectivity index (χ4n) is 2.59. The molecule has 0 spiro atoms. The minimum Gasteiger partial charge on any atom is -0.455 e. The lowest BCUT2D eigenvalue weighted by Crippen LogP contribution is -2.40. The van der Waals surface area contributed by atoms with Crippen LogP contribution in [-0.2, 0) is 19.6 Å². The van der Waals surface area contributed by atoms with Gasteiger partial charge in [-0.1, -0.05) is 24.8 Å². The summed E-state index contributed by atoms with van der Waals surface area (Å²) in [6, 6.07) is 13.4. The third kappa shape index (κ3) is 4.54. The van der Waals surface area contributed by atoms with E-state index >= 15 is 0 Å². The number of carbonyl (C=O) groups is 1. The first kappa shape index (κ1) is 19.1. The quantitative estimate of drug-likeness (QED) is 0.769. The zero-order valence-corrected chi connectivity index (χ0v) is 15.4. The summed E-state index contributed by atoms with van der Waals surface area (Å²) in [6.07, 6.45) is 1.11. The lowest BCUT2D eigenvalue weighted by Gasteiger charge is -2.26. The van der Waals surface area contributed by atoms with Gasteiger partial charge in [-0.15, -0.1) is 0 Å². The van der Waals surface area contributed by atoms with Crippen molar-refractivity contribution in [2.75, 3.05) is 31.6 Å². The van der Waals surface area contributed by atoms with Crippen LogP contribution < -0.4 is 10.1 Å². The molecule has 0 aliphatic carbocycles. The Labute approximate surface area is 158 Å². The average Bonchev–Trinajstić information content (AvgIpc) is 2.70. The fraction of sp³-hybridized carbons (Fsp3) is 0.211. The first-order valence-corrected chi connectivity index (χ1v) is 9.83. The van der Waals surface area contributed by atoms with Crippen molar-refractivity contribution in [2.24, 2.45) is 0 Å². The van der Waals surface area contributed by atoms with Gasteiger partial charge in [0.2, 0.25) is 15.9 Å². The second-order valence-corrected chi connectivity index (χ2v) is 7.72. The smallest absolute Gasteiger partial charge is 0.247 e. The lowest BCUT2D eigenvalue weighted by atomic mass is 10.2. The number of sulfonamides is 1. The third-order valence-electron chi connectivity index (χ3n) is 3.97. The summed E-state index contributed by atoms with van der Waals surface area (Å²) in [6.45, 7) is 4.71. The van der Waals surface area contributed by atoms with Crippen LogP contribution in [0.3, 0.4) is 0 Å². The van der Waals surface area contributed by atoms with Crippen molar-refractivity contribution in [1.82, 2.24) is 4.31 Å². The van der Waals surface area contributed by atoms with Gasteiger partial charge in [0.25, 0.3) is 0 Å². The molecular weight excluding hydrogens is 368 g/mol. The van der Waals surface area contributed by atoms with Crippen molar-refractivity contribution in [3.63, 3.8) is 0 Å². The first-order chi connectivity index (χ1) is 13.0. The Hall–Kier alpha value is -2.68. The minimum atomic E-state index is -3.70. The molecule has 1 aliphatic rings. The second kappa shape index (κ2) is 8.34. The molecule has 1 heterocycles. The van der Waals surface area contributed by atoms with E-state index in [1.165, 1.54) is 22.5 Å². The molecule has 1 fully saturated rings.